The van der Waals surface area contributed by atoms with E-state index in [0.29, 0.717) is 6.61 Å². The number of halogens is 1. The molecule has 0 aliphatic rings. The minimum atomic E-state index is -0.369. The van der Waals surface area contributed by atoms with Crippen LogP contribution in [0.5, 0.6) is 0 Å². The van der Waals surface area contributed by atoms with Crippen LogP contribution in [-0.4, -0.2) is 18.5 Å². The van der Waals surface area contributed by atoms with E-state index in [2.05, 4.69) is 29.5 Å². The predicted molar refractivity (Wildman–Crippen MR) is 103 cm³/mol. The van der Waals surface area contributed by atoms with Crippen LogP contribution in [0.1, 0.15) is 63.9 Å². The van der Waals surface area contributed by atoms with Crippen molar-refractivity contribution in [1.29, 1.82) is 0 Å². The van der Waals surface area contributed by atoms with Gasteiger partial charge in [-0.25, -0.2) is 0 Å². The molecule has 0 saturated heterocycles. The number of hydrogen-bond acceptors (Lipinski definition) is 4. The monoisotopic (exact) mass is 446 g/mol. The molecule has 1 aromatic rings. The van der Waals surface area contributed by atoms with Crippen LogP contribution in [0.15, 0.2) is 24.3 Å². The zero-order valence-electron chi connectivity index (χ0n) is 14.4. The smallest absolute Gasteiger partial charge is 0.306 e. The average Bonchev–Trinajstić information content (AvgIpc) is 2.58. The van der Waals surface area contributed by atoms with Gasteiger partial charge in [0.25, 0.3) is 0 Å². The van der Waals surface area contributed by atoms with E-state index in [1.807, 2.05) is 24.3 Å². The molecular formula is C19H27IO4. The summed E-state index contributed by atoms with van der Waals surface area (Å²) in [5.41, 5.74) is 0.970. The molecule has 24 heavy (non-hydrogen) atoms. The number of benzene rings is 1. The zero-order valence-corrected chi connectivity index (χ0v) is 16.5. The summed E-state index contributed by atoms with van der Waals surface area (Å²) in [6.07, 6.45) is 7.07. The van der Waals surface area contributed by atoms with Crippen molar-refractivity contribution in [3.05, 3.63) is 33.4 Å². The summed E-state index contributed by atoms with van der Waals surface area (Å²) in [5.74, 6) is -0.694. The summed E-state index contributed by atoms with van der Waals surface area (Å²) in [5, 5.41) is 0. The van der Waals surface area contributed by atoms with Gasteiger partial charge in [0.1, 0.15) is 6.61 Å². The molecule has 1 rings (SSSR count). The molecule has 0 amide bonds. The van der Waals surface area contributed by atoms with Gasteiger partial charge >= 0.3 is 11.9 Å². The molecular weight excluding hydrogens is 419 g/mol. The van der Waals surface area contributed by atoms with Crippen LogP contribution in [0.4, 0.5) is 0 Å². The Labute approximate surface area is 158 Å². The molecule has 0 aromatic heterocycles. The van der Waals surface area contributed by atoms with Crippen molar-refractivity contribution in [2.45, 2.75) is 64.9 Å². The van der Waals surface area contributed by atoms with Gasteiger partial charge in [-0.2, -0.15) is 0 Å². The summed E-state index contributed by atoms with van der Waals surface area (Å²) < 4.78 is 11.4. The van der Waals surface area contributed by atoms with Crippen LogP contribution in [0.2, 0.25) is 0 Å². The molecule has 0 atom stereocenters. The minimum Gasteiger partial charge on any atom is -0.466 e. The highest BCUT2D eigenvalue weighted by atomic mass is 127. The van der Waals surface area contributed by atoms with Gasteiger partial charge in [-0.05, 0) is 35.1 Å². The highest BCUT2D eigenvalue weighted by Gasteiger charge is 2.10. The van der Waals surface area contributed by atoms with Crippen LogP contribution in [0, 0.1) is 3.57 Å². The van der Waals surface area contributed by atoms with Gasteiger partial charge in [-0.1, -0.05) is 57.2 Å². The molecule has 0 heterocycles. The van der Waals surface area contributed by atoms with Gasteiger partial charge in [-0.15, -0.1) is 0 Å². The van der Waals surface area contributed by atoms with E-state index in [-0.39, 0.29) is 31.4 Å². The van der Waals surface area contributed by atoms with Crippen LogP contribution in [0.3, 0.4) is 0 Å². The highest BCUT2D eigenvalue weighted by Crippen LogP contribution is 2.13. The molecule has 5 heteroatoms. The Morgan fingerprint density at radius 2 is 1.54 bits per heavy atom. The first-order valence-electron chi connectivity index (χ1n) is 8.68. The molecule has 4 nitrogen and oxygen atoms in total. The first kappa shape index (κ1) is 20.9. The van der Waals surface area contributed by atoms with Crippen molar-refractivity contribution < 1.29 is 19.1 Å². The predicted octanol–water partition coefficient (Wildman–Crippen LogP) is 5.02. The first-order chi connectivity index (χ1) is 11.6. The van der Waals surface area contributed by atoms with E-state index >= 15 is 0 Å². The van der Waals surface area contributed by atoms with Crippen molar-refractivity contribution in [3.8, 4) is 0 Å². The van der Waals surface area contributed by atoms with E-state index in [9.17, 15) is 9.59 Å². The molecule has 0 spiro atoms. The fourth-order valence-electron chi connectivity index (χ4n) is 2.19. The Balaban J connectivity index is 2.05. The van der Waals surface area contributed by atoms with E-state index in [4.69, 9.17) is 9.47 Å². The van der Waals surface area contributed by atoms with Gasteiger partial charge in [-0.3, -0.25) is 9.59 Å². The SMILES string of the molecule is CCCCCCCCOC(=O)CCC(=O)OCc1ccccc1I. The number of carbonyl (C=O) groups is 2. The maximum atomic E-state index is 11.7. The second kappa shape index (κ2) is 13.2. The Hall–Kier alpha value is -1.11. The molecule has 0 aliphatic carbocycles. The third-order valence-electron chi connectivity index (χ3n) is 3.64. The van der Waals surface area contributed by atoms with Crippen molar-refractivity contribution in [2.24, 2.45) is 0 Å². The molecule has 1 aromatic carbocycles. The summed E-state index contributed by atoms with van der Waals surface area (Å²) in [6.45, 7) is 2.88. The van der Waals surface area contributed by atoms with E-state index in [0.717, 1.165) is 22.0 Å². The lowest BCUT2D eigenvalue weighted by atomic mass is 10.1. The van der Waals surface area contributed by atoms with Gasteiger partial charge in [0.2, 0.25) is 0 Å². The Bertz CT molecular complexity index is 502. The molecule has 0 saturated carbocycles. The molecule has 0 radical (unpaired) electrons. The molecule has 0 aliphatic heterocycles. The lowest BCUT2D eigenvalue weighted by molar-refractivity contribution is -0.151. The Kier molecular flexibility index (Phi) is 11.5. The quantitative estimate of drug-likeness (QED) is 0.257. The minimum absolute atomic E-state index is 0.0682. The topological polar surface area (TPSA) is 52.6 Å². The second-order valence-corrected chi connectivity index (χ2v) is 6.90. The first-order valence-corrected chi connectivity index (χ1v) is 9.76. The van der Waals surface area contributed by atoms with E-state index < -0.39 is 0 Å². The zero-order chi connectivity index (χ0) is 17.6. The van der Waals surface area contributed by atoms with Crippen LogP contribution >= 0.6 is 22.6 Å². The Morgan fingerprint density at radius 3 is 2.25 bits per heavy atom. The van der Waals surface area contributed by atoms with Gasteiger partial charge < -0.3 is 9.47 Å². The summed E-state index contributed by atoms with van der Waals surface area (Å²) >= 11 is 2.20. The van der Waals surface area contributed by atoms with Crippen molar-refractivity contribution in [1.82, 2.24) is 0 Å². The number of ether oxygens (including phenoxy) is 2. The third kappa shape index (κ3) is 9.90. The van der Waals surface area contributed by atoms with Crippen molar-refractivity contribution in [3.63, 3.8) is 0 Å². The standard InChI is InChI=1S/C19H27IO4/c1-2-3-4-5-6-9-14-23-18(21)12-13-19(22)24-15-16-10-7-8-11-17(16)20/h7-8,10-11H,2-6,9,12-15H2,1H3. The second-order valence-electron chi connectivity index (χ2n) is 5.74. The highest BCUT2D eigenvalue weighted by molar-refractivity contribution is 14.1. The van der Waals surface area contributed by atoms with Crippen LogP contribution in [0.25, 0.3) is 0 Å². The molecule has 0 bridgehead atoms. The number of rotatable bonds is 12. The number of unbranched alkanes of at least 4 members (excludes halogenated alkanes) is 5. The number of hydrogen-bond donors (Lipinski definition) is 0. The van der Waals surface area contributed by atoms with Gasteiger partial charge in [0.15, 0.2) is 0 Å². The molecule has 0 fully saturated rings. The fourth-order valence-corrected chi connectivity index (χ4v) is 2.73. The van der Waals surface area contributed by atoms with Crippen molar-refractivity contribution >= 4 is 34.5 Å². The summed E-state index contributed by atoms with van der Waals surface area (Å²) in [4.78, 5) is 23.3. The van der Waals surface area contributed by atoms with E-state index in [1.165, 1.54) is 25.7 Å². The van der Waals surface area contributed by atoms with E-state index in [1.54, 1.807) is 0 Å². The summed E-state index contributed by atoms with van der Waals surface area (Å²) in [6, 6.07) is 7.73. The Morgan fingerprint density at radius 1 is 0.917 bits per heavy atom. The van der Waals surface area contributed by atoms with Gasteiger partial charge in [0.05, 0.1) is 19.4 Å². The maximum Gasteiger partial charge on any atom is 0.306 e. The lowest BCUT2D eigenvalue weighted by Gasteiger charge is -2.07. The lowest BCUT2D eigenvalue weighted by Crippen LogP contribution is -2.11. The molecule has 0 N–H and O–H groups in total. The summed E-state index contributed by atoms with van der Waals surface area (Å²) in [7, 11) is 0. The van der Waals surface area contributed by atoms with Crippen LogP contribution < -0.4 is 0 Å². The number of esters is 2. The fraction of sp³-hybridized carbons (Fsp3) is 0.579. The van der Waals surface area contributed by atoms with Crippen LogP contribution in [-0.2, 0) is 25.7 Å². The van der Waals surface area contributed by atoms with Crippen molar-refractivity contribution in [2.75, 3.05) is 6.61 Å². The number of carbonyl (C=O) groups excluding carboxylic acids is 2. The third-order valence-corrected chi connectivity index (χ3v) is 4.69. The van der Waals surface area contributed by atoms with Gasteiger partial charge in [0, 0.05) is 9.13 Å². The molecule has 134 valence electrons. The molecule has 0 unspecified atom stereocenters. The largest absolute Gasteiger partial charge is 0.466 e. The maximum absolute atomic E-state index is 11.7. The average molecular weight is 446 g/mol. The normalized spacial score (nSPS) is 10.4.